The number of nitrogens with zero attached hydrogens (tertiary/aromatic N) is 2. The Kier molecular flexibility index (Phi) is 4.30. The van der Waals surface area contributed by atoms with Gasteiger partial charge < -0.3 is 11.1 Å². The number of nitro groups is 2. The van der Waals surface area contributed by atoms with E-state index in [1.807, 2.05) is 5.32 Å². The van der Waals surface area contributed by atoms with Crippen molar-refractivity contribution >= 4 is 23.0 Å². The number of alkyl halides is 3. The summed E-state index contributed by atoms with van der Waals surface area (Å²) >= 11 is 0. The van der Waals surface area contributed by atoms with Crippen LogP contribution in [0.3, 0.4) is 0 Å². The molecule has 0 aliphatic carbocycles. The highest BCUT2D eigenvalue weighted by Crippen LogP contribution is 2.40. The van der Waals surface area contributed by atoms with Crippen molar-refractivity contribution in [2.24, 2.45) is 5.73 Å². The summed E-state index contributed by atoms with van der Waals surface area (Å²) in [7, 11) is 0. The van der Waals surface area contributed by atoms with E-state index in [0.29, 0.717) is 0 Å². The van der Waals surface area contributed by atoms with Gasteiger partial charge in [0.2, 0.25) is 5.91 Å². The predicted molar refractivity (Wildman–Crippen MR) is 62.4 cm³/mol. The molecule has 12 heteroatoms. The molecule has 0 aromatic heterocycles. The molecule has 0 spiro atoms. The van der Waals surface area contributed by atoms with E-state index in [0.717, 1.165) is 0 Å². The van der Waals surface area contributed by atoms with Crippen LogP contribution in [0.15, 0.2) is 12.1 Å². The van der Waals surface area contributed by atoms with E-state index in [1.54, 1.807) is 0 Å². The molecule has 0 saturated heterocycles. The lowest BCUT2D eigenvalue weighted by Crippen LogP contribution is -2.23. The minimum absolute atomic E-state index is 0.135. The average molecular weight is 308 g/mol. The van der Waals surface area contributed by atoms with Crippen molar-refractivity contribution in [1.82, 2.24) is 0 Å². The van der Waals surface area contributed by atoms with Crippen LogP contribution in [0.4, 0.5) is 30.2 Å². The fraction of sp³-hybridized carbons (Fsp3) is 0.222. The molecular weight excluding hydrogens is 301 g/mol. The monoisotopic (exact) mass is 308 g/mol. The van der Waals surface area contributed by atoms with Gasteiger partial charge in [-0.3, -0.25) is 25.0 Å². The molecule has 1 rings (SSSR count). The maximum absolute atomic E-state index is 12.6. The predicted octanol–water partition coefficient (Wildman–Crippen LogP) is 1.42. The third-order valence-electron chi connectivity index (χ3n) is 2.26. The Balaban J connectivity index is 3.55. The highest BCUT2D eigenvalue weighted by molar-refractivity contribution is 5.83. The normalized spacial score (nSPS) is 11.0. The topological polar surface area (TPSA) is 141 Å². The van der Waals surface area contributed by atoms with Gasteiger partial charge in [0, 0.05) is 12.1 Å². The Morgan fingerprint density at radius 3 is 1.90 bits per heavy atom. The molecular formula is C9H7F3N4O5. The minimum atomic E-state index is -5.00. The summed E-state index contributed by atoms with van der Waals surface area (Å²) in [4.78, 5) is 29.7. The molecule has 1 aromatic carbocycles. The smallest absolute Gasteiger partial charge is 0.368 e. The third-order valence-corrected chi connectivity index (χ3v) is 2.26. The van der Waals surface area contributed by atoms with Gasteiger partial charge in [0.25, 0.3) is 11.4 Å². The van der Waals surface area contributed by atoms with E-state index in [2.05, 4.69) is 0 Å². The number of anilines is 1. The Morgan fingerprint density at radius 2 is 1.62 bits per heavy atom. The second-order valence-corrected chi connectivity index (χ2v) is 3.72. The van der Waals surface area contributed by atoms with Gasteiger partial charge in [0.05, 0.1) is 22.0 Å². The number of hydrogen-bond acceptors (Lipinski definition) is 6. The first-order valence-corrected chi connectivity index (χ1v) is 5.10. The highest BCUT2D eigenvalue weighted by Gasteiger charge is 2.37. The molecule has 0 aliphatic rings. The van der Waals surface area contributed by atoms with E-state index >= 15 is 0 Å². The standard InChI is InChI=1S/C9H7F3N4O5/c10-9(11,12)4-1-5(15(18)19)8(14-3-7(13)17)6(2-4)16(20)21/h1-2,14H,3H2,(H2,13,17). The number of carbonyl (C=O) groups excluding carboxylic acids is 1. The second-order valence-electron chi connectivity index (χ2n) is 3.72. The quantitative estimate of drug-likeness (QED) is 0.622. The van der Waals surface area contributed by atoms with Crippen LogP contribution < -0.4 is 11.1 Å². The minimum Gasteiger partial charge on any atom is -0.368 e. The first kappa shape index (κ1) is 16.1. The van der Waals surface area contributed by atoms with E-state index in [4.69, 9.17) is 5.73 Å². The summed E-state index contributed by atoms with van der Waals surface area (Å²) in [6, 6.07) is 0.270. The number of primary amides is 1. The molecule has 0 atom stereocenters. The Bertz CT molecular complexity index is 581. The van der Waals surface area contributed by atoms with Crippen LogP contribution >= 0.6 is 0 Å². The molecule has 0 bridgehead atoms. The zero-order valence-corrected chi connectivity index (χ0v) is 10.0. The van der Waals surface area contributed by atoms with E-state index < -0.39 is 51.1 Å². The zero-order valence-electron chi connectivity index (χ0n) is 10.0. The number of carbonyl (C=O) groups is 1. The molecule has 9 nitrogen and oxygen atoms in total. The maximum atomic E-state index is 12.6. The lowest BCUT2D eigenvalue weighted by molar-refractivity contribution is -0.392. The lowest BCUT2D eigenvalue weighted by Gasteiger charge is -2.10. The van der Waals surface area contributed by atoms with Crippen LogP contribution in [-0.2, 0) is 11.0 Å². The van der Waals surface area contributed by atoms with E-state index in [9.17, 15) is 38.2 Å². The number of hydrogen-bond donors (Lipinski definition) is 2. The SMILES string of the molecule is NC(=O)CNc1c([N+](=O)[O-])cc(C(F)(F)F)cc1[N+](=O)[O-]. The number of nitrogens with one attached hydrogen (secondary N) is 1. The van der Waals surface area contributed by atoms with E-state index in [1.165, 1.54) is 0 Å². The van der Waals surface area contributed by atoms with Gasteiger partial charge in [-0.15, -0.1) is 0 Å². The van der Waals surface area contributed by atoms with Crippen LogP contribution in [0.25, 0.3) is 0 Å². The lowest BCUT2D eigenvalue weighted by atomic mass is 10.1. The first-order chi connectivity index (χ1) is 9.54. The molecule has 1 aromatic rings. The van der Waals surface area contributed by atoms with Crippen molar-refractivity contribution in [3.63, 3.8) is 0 Å². The van der Waals surface area contributed by atoms with Gasteiger partial charge in [-0.25, -0.2) is 0 Å². The summed E-state index contributed by atoms with van der Waals surface area (Å²) in [5.41, 5.74) is 0.0326. The Hall–Kier alpha value is -2.92. The fourth-order valence-corrected chi connectivity index (χ4v) is 1.42. The second kappa shape index (κ2) is 5.60. The van der Waals surface area contributed by atoms with E-state index in [-0.39, 0.29) is 12.1 Å². The van der Waals surface area contributed by atoms with Crippen molar-refractivity contribution < 1.29 is 27.8 Å². The molecule has 114 valence electrons. The van der Waals surface area contributed by atoms with Crippen molar-refractivity contribution in [2.45, 2.75) is 6.18 Å². The van der Waals surface area contributed by atoms with Gasteiger partial charge in [0.15, 0.2) is 5.69 Å². The van der Waals surface area contributed by atoms with Crippen molar-refractivity contribution in [1.29, 1.82) is 0 Å². The molecule has 0 heterocycles. The number of halogens is 3. The molecule has 0 unspecified atom stereocenters. The average Bonchev–Trinajstić information content (AvgIpc) is 2.33. The molecule has 0 saturated carbocycles. The van der Waals surface area contributed by atoms with Crippen molar-refractivity contribution in [3.05, 3.63) is 37.9 Å². The van der Waals surface area contributed by atoms with Crippen molar-refractivity contribution in [2.75, 3.05) is 11.9 Å². The van der Waals surface area contributed by atoms with Crippen LogP contribution in [0.1, 0.15) is 5.56 Å². The zero-order chi connectivity index (χ0) is 16.4. The molecule has 21 heavy (non-hydrogen) atoms. The third kappa shape index (κ3) is 3.77. The van der Waals surface area contributed by atoms with Crippen LogP contribution in [0.5, 0.6) is 0 Å². The first-order valence-electron chi connectivity index (χ1n) is 5.10. The number of benzene rings is 1. The summed E-state index contributed by atoms with van der Waals surface area (Å²) in [6.45, 7) is -0.715. The number of amides is 1. The Morgan fingerprint density at radius 1 is 1.19 bits per heavy atom. The molecule has 3 N–H and O–H groups in total. The number of nitrogens with two attached hydrogens (primary N) is 1. The van der Waals surface area contributed by atoms with Crippen LogP contribution in [-0.4, -0.2) is 22.3 Å². The largest absolute Gasteiger partial charge is 0.416 e. The molecule has 0 aliphatic heterocycles. The van der Waals surface area contributed by atoms with Gasteiger partial charge >= 0.3 is 6.18 Å². The van der Waals surface area contributed by atoms with Crippen LogP contribution in [0, 0.1) is 20.2 Å². The molecule has 0 radical (unpaired) electrons. The maximum Gasteiger partial charge on any atom is 0.416 e. The molecule has 0 fully saturated rings. The summed E-state index contributed by atoms with van der Waals surface area (Å²) in [5, 5.41) is 23.6. The molecule has 1 amide bonds. The number of rotatable bonds is 5. The number of nitro benzene ring substituents is 2. The Labute approximate surface area is 113 Å². The van der Waals surface area contributed by atoms with Gasteiger partial charge in [-0.05, 0) is 0 Å². The summed E-state index contributed by atoms with van der Waals surface area (Å²) in [5.74, 6) is -1.00. The van der Waals surface area contributed by atoms with Gasteiger partial charge in [-0.1, -0.05) is 0 Å². The van der Waals surface area contributed by atoms with Gasteiger partial charge in [0.1, 0.15) is 0 Å². The van der Waals surface area contributed by atoms with Crippen LogP contribution in [0.2, 0.25) is 0 Å². The summed E-state index contributed by atoms with van der Waals surface area (Å²) < 4.78 is 37.7. The van der Waals surface area contributed by atoms with Crippen molar-refractivity contribution in [3.8, 4) is 0 Å². The summed E-state index contributed by atoms with van der Waals surface area (Å²) in [6.07, 6.45) is -5.00. The highest BCUT2D eigenvalue weighted by atomic mass is 19.4. The fourth-order valence-electron chi connectivity index (χ4n) is 1.42. The van der Waals surface area contributed by atoms with Gasteiger partial charge in [-0.2, -0.15) is 13.2 Å².